The van der Waals surface area contributed by atoms with Crippen LogP contribution in [0.3, 0.4) is 0 Å². The maximum absolute atomic E-state index is 10.9. The van der Waals surface area contributed by atoms with E-state index in [9.17, 15) is 4.79 Å². The third-order valence-corrected chi connectivity index (χ3v) is 5.07. The molecule has 1 aromatic heterocycles. The minimum absolute atomic E-state index is 0. The normalized spacial score (nSPS) is 19.4. The Morgan fingerprint density at radius 2 is 2.28 bits per heavy atom. The predicted molar refractivity (Wildman–Crippen MR) is 123 cm³/mol. The second kappa shape index (κ2) is 11.0. The second-order valence-electron chi connectivity index (χ2n) is 7.09. The molecular formula is C20H29IN6O2. The fourth-order valence-electron chi connectivity index (χ4n) is 3.51. The first-order chi connectivity index (χ1) is 13.6. The number of rotatable bonds is 6. The van der Waals surface area contributed by atoms with Crippen LogP contribution in [0.25, 0.3) is 0 Å². The van der Waals surface area contributed by atoms with Crippen molar-refractivity contribution >= 4 is 35.8 Å². The van der Waals surface area contributed by atoms with Crippen LogP contribution < -0.4 is 15.8 Å². The van der Waals surface area contributed by atoms with Gasteiger partial charge in [0.25, 0.3) is 5.91 Å². The number of hydrogen-bond acceptors (Lipinski definition) is 4. The van der Waals surface area contributed by atoms with Gasteiger partial charge in [0.2, 0.25) is 0 Å². The molecule has 0 radical (unpaired) electrons. The summed E-state index contributed by atoms with van der Waals surface area (Å²) in [7, 11) is 1.80. The van der Waals surface area contributed by atoms with Crippen molar-refractivity contribution in [3.63, 3.8) is 0 Å². The van der Waals surface area contributed by atoms with Crippen molar-refractivity contribution in [2.24, 2.45) is 16.6 Å². The summed E-state index contributed by atoms with van der Waals surface area (Å²) >= 11 is 0. The Hall–Kier alpha value is -2.30. The summed E-state index contributed by atoms with van der Waals surface area (Å²) in [6.45, 7) is 4.63. The molecule has 1 aromatic carbocycles. The maximum Gasteiger partial charge on any atom is 0.255 e. The number of likely N-dealkylation sites (tertiary alicyclic amines) is 1. The molecule has 1 aliphatic heterocycles. The lowest BCUT2D eigenvalue weighted by Gasteiger charge is -2.39. The lowest BCUT2D eigenvalue weighted by molar-refractivity contribution is -0.119. The molecule has 0 saturated carbocycles. The highest BCUT2D eigenvalue weighted by molar-refractivity contribution is 14.0. The van der Waals surface area contributed by atoms with Crippen molar-refractivity contribution in [1.29, 1.82) is 0 Å². The van der Waals surface area contributed by atoms with Crippen molar-refractivity contribution in [2.45, 2.75) is 25.9 Å². The summed E-state index contributed by atoms with van der Waals surface area (Å²) < 4.78 is 7.56. The van der Waals surface area contributed by atoms with Gasteiger partial charge in [-0.2, -0.15) is 0 Å². The van der Waals surface area contributed by atoms with Crippen LogP contribution in [-0.2, 0) is 11.3 Å². The number of hydrogen-bond donors (Lipinski definition) is 2. The molecule has 1 aliphatic rings. The first-order valence-electron chi connectivity index (χ1n) is 9.50. The fourth-order valence-corrected chi connectivity index (χ4v) is 3.51. The number of carbonyl (C=O) groups is 1. The van der Waals surface area contributed by atoms with Gasteiger partial charge in [0, 0.05) is 39.1 Å². The molecule has 1 amide bonds. The van der Waals surface area contributed by atoms with Crippen molar-refractivity contribution in [1.82, 2.24) is 19.8 Å². The van der Waals surface area contributed by atoms with Crippen molar-refractivity contribution in [3.05, 3.63) is 48.5 Å². The molecule has 0 bridgehead atoms. The lowest BCUT2D eigenvalue weighted by Crippen LogP contribution is -2.48. The van der Waals surface area contributed by atoms with Crippen LogP contribution in [0.5, 0.6) is 5.75 Å². The molecule has 29 heavy (non-hydrogen) atoms. The van der Waals surface area contributed by atoms with Gasteiger partial charge in [0.05, 0.1) is 12.4 Å². The van der Waals surface area contributed by atoms with E-state index in [0.717, 1.165) is 31.0 Å². The van der Waals surface area contributed by atoms with Crippen LogP contribution in [0.15, 0.2) is 48.0 Å². The lowest BCUT2D eigenvalue weighted by atomic mass is 9.93. The number of imidazole rings is 1. The minimum atomic E-state index is -0.490. The number of nitrogens with zero attached hydrogens (tertiary/aromatic N) is 4. The molecule has 2 heterocycles. The molecule has 158 valence electrons. The van der Waals surface area contributed by atoms with Gasteiger partial charge >= 0.3 is 0 Å². The van der Waals surface area contributed by atoms with Gasteiger partial charge in [0.1, 0.15) is 5.75 Å². The molecule has 9 heteroatoms. The van der Waals surface area contributed by atoms with Crippen molar-refractivity contribution < 1.29 is 9.53 Å². The van der Waals surface area contributed by atoms with Crippen LogP contribution in [0.1, 0.15) is 24.9 Å². The Kier molecular flexibility index (Phi) is 8.74. The average molecular weight is 512 g/mol. The van der Waals surface area contributed by atoms with E-state index in [1.165, 1.54) is 0 Å². The van der Waals surface area contributed by atoms with Gasteiger partial charge in [-0.3, -0.25) is 9.79 Å². The Bertz CT molecular complexity index is 811. The zero-order chi connectivity index (χ0) is 19.9. The molecule has 8 nitrogen and oxygen atoms in total. The fraction of sp³-hybridized carbons (Fsp3) is 0.450. The minimum Gasteiger partial charge on any atom is -0.484 e. The summed E-state index contributed by atoms with van der Waals surface area (Å²) in [5.74, 6) is 1.60. The predicted octanol–water partition coefficient (Wildman–Crippen LogP) is 2.02. The molecule has 3 rings (SSSR count). The number of nitrogens with one attached hydrogen (secondary N) is 1. The number of guanidine groups is 1. The third kappa shape index (κ3) is 6.34. The van der Waals surface area contributed by atoms with Gasteiger partial charge in [-0.1, -0.05) is 19.1 Å². The number of amides is 1. The molecule has 0 aliphatic carbocycles. The van der Waals surface area contributed by atoms with E-state index in [1.807, 2.05) is 43.0 Å². The summed E-state index contributed by atoms with van der Waals surface area (Å²) in [6, 6.07) is 7.98. The maximum atomic E-state index is 10.9. The monoisotopic (exact) mass is 512 g/mol. The van der Waals surface area contributed by atoms with E-state index in [1.54, 1.807) is 7.05 Å². The Balaban J connectivity index is 0.00000300. The summed E-state index contributed by atoms with van der Waals surface area (Å²) in [6.07, 6.45) is 6.84. The van der Waals surface area contributed by atoms with Crippen molar-refractivity contribution in [2.75, 3.05) is 26.7 Å². The highest BCUT2D eigenvalue weighted by atomic mass is 127. The van der Waals surface area contributed by atoms with Gasteiger partial charge < -0.3 is 25.3 Å². The van der Waals surface area contributed by atoms with E-state index in [2.05, 4.69) is 31.7 Å². The second-order valence-corrected chi connectivity index (χ2v) is 7.09. The molecule has 2 unspecified atom stereocenters. The number of aromatic nitrogens is 2. The summed E-state index contributed by atoms with van der Waals surface area (Å²) in [5.41, 5.74) is 6.17. The number of ether oxygens (including phenoxy) is 1. The average Bonchev–Trinajstić information content (AvgIpc) is 3.23. The van der Waals surface area contributed by atoms with Gasteiger partial charge in [0.15, 0.2) is 12.6 Å². The standard InChI is InChI=1S/C20H28N6O2.HI/c1-15-6-8-25(12-18(15)26-9-7-23-14-26)20(22-2)24-11-16-4-3-5-17(10-16)28-13-19(21)27;/h3-5,7,9-10,14-15,18H,6,8,11-13H2,1-2H3,(H2,21,27)(H,22,24);1H. The van der Waals surface area contributed by atoms with Gasteiger partial charge in [-0.15, -0.1) is 24.0 Å². The number of carbonyl (C=O) groups excluding carboxylic acids is 1. The number of nitrogens with two attached hydrogens (primary N) is 1. The number of aliphatic imine (C=N–C) groups is 1. The van der Waals surface area contributed by atoms with Crippen LogP contribution in [0, 0.1) is 5.92 Å². The number of piperidine rings is 1. The molecule has 3 N–H and O–H groups in total. The Labute approximate surface area is 188 Å². The largest absolute Gasteiger partial charge is 0.484 e. The van der Waals surface area contributed by atoms with E-state index in [0.29, 0.717) is 24.3 Å². The smallest absolute Gasteiger partial charge is 0.255 e. The van der Waals surface area contributed by atoms with Gasteiger partial charge in [-0.05, 0) is 30.0 Å². The highest BCUT2D eigenvalue weighted by Crippen LogP contribution is 2.27. The Morgan fingerprint density at radius 3 is 2.97 bits per heavy atom. The van der Waals surface area contributed by atoms with Gasteiger partial charge in [-0.25, -0.2) is 4.98 Å². The van der Waals surface area contributed by atoms with Crippen LogP contribution in [-0.4, -0.2) is 53.1 Å². The zero-order valence-electron chi connectivity index (χ0n) is 16.8. The van der Waals surface area contributed by atoms with Crippen LogP contribution >= 0.6 is 24.0 Å². The number of benzene rings is 1. The molecule has 1 fully saturated rings. The zero-order valence-corrected chi connectivity index (χ0v) is 19.2. The molecular weight excluding hydrogens is 483 g/mol. The van der Waals surface area contributed by atoms with E-state index < -0.39 is 5.91 Å². The first-order valence-corrected chi connectivity index (χ1v) is 9.50. The highest BCUT2D eigenvalue weighted by Gasteiger charge is 2.28. The van der Waals surface area contributed by atoms with E-state index >= 15 is 0 Å². The molecule has 1 saturated heterocycles. The molecule has 0 spiro atoms. The summed E-state index contributed by atoms with van der Waals surface area (Å²) in [5, 5.41) is 3.43. The third-order valence-electron chi connectivity index (χ3n) is 5.07. The van der Waals surface area contributed by atoms with E-state index in [-0.39, 0.29) is 30.6 Å². The SMILES string of the molecule is CN=C(NCc1cccc(OCC(N)=O)c1)N1CCC(C)C(n2ccnc2)C1.I. The summed E-state index contributed by atoms with van der Waals surface area (Å²) in [4.78, 5) is 21.8. The number of halogens is 1. The first kappa shape index (κ1) is 23.0. The van der Waals surface area contributed by atoms with Crippen LogP contribution in [0.2, 0.25) is 0 Å². The van der Waals surface area contributed by atoms with Crippen LogP contribution in [0.4, 0.5) is 0 Å². The quantitative estimate of drug-likeness (QED) is 0.351. The van der Waals surface area contributed by atoms with E-state index in [4.69, 9.17) is 10.5 Å². The molecule has 2 atom stereocenters. The topological polar surface area (TPSA) is 97.8 Å². The number of primary amides is 1. The van der Waals surface area contributed by atoms with Crippen molar-refractivity contribution in [3.8, 4) is 5.75 Å². The Morgan fingerprint density at radius 1 is 1.45 bits per heavy atom. The molecule has 2 aromatic rings.